The summed E-state index contributed by atoms with van der Waals surface area (Å²) in [5, 5.41) is 9.09. The lowest BCUT2D eigenvalue weighted by Gasteiger charge is -2.10. The van der Waals surface area contributed by atoms with E-state index in [0.29, 0.717) is 4.47 Å². The predicted molar refractivity (Wildman–Crippen MR) is 72.6 cm³/mol. The molecule has 0 saturated heterocycles. The summed E-state index contributed by atoms with van der Waals surface area (Å²) >= 11 is 8.69. The summed E-state index contributed by atoms with van der Waals surface area (Å²) in [5.74, 6) is -1.49. The number of halogens is 3. The van der Waals surface area contributed by atoms with Crippen LogP contribution in [0.4, 0.5) is 4.39 Å². The Labute approximate surface area is 121 Å². The zero-order valence-electron chi connectivity index (χ0n) is 9.36. The summed E-state index contributed by atoms with van der Waals surface area (Å²) in [4.78, 5) is 11.1. The molecule has 0 fully saturated rings. The molecule has 0 saturated carbocycles. The second-order valence-corrected chi connectivity index (χ2v) is 4.86. The standard InChI is InChI=1S/C13H7BrClFO3/c14-8-2-1-3-11(12(8)13(17)18)19-7-4-5-9(15)10(16)6-7/h1-6H,(H,17,18). The van der Waals surface area contributed by atoms with Crippen molar-refractivity contribution in [1.29, 1.82) is 0 Å². The number of benzene rings is 2. The van der Waals surface area contributed by atoms with E-state index in [9.17, 15) is 9.18 Å². The van der Waals surface area contributed by atoms with E-state index in [1.54, 1.807) is 12.1 Å². The van der Waals surface area contributed by atoms with Gasteiger partial charge in [-0.15, -0.1) is 0 Å². The minimum absolute atomic E-state index is 0.0277. The second-order valence-electron chi connectivity index (χ2n) is 3.60. The molecule has 0 spiro atoms. The van der Waals surface area contributed by atoms with Gasteiger partial charge in [0, 0.05) is 10.5 Å². The molecule has 0 amide bonds. The van der Waals surface area contributed by atoms with Crippen molar-refractivity contribution in [3.8, 4) is 11.5 Å². The Hall–Kier alpha value is -1.59. The Balaban J connectivity index is 2.40. The summed E-state index contributed by atoms with van der Waals surface area (Å²) in [7, 11) is 0. The summed E-state index contributed by atoms with van der Waals surface area (Å²) in [6, 6.07) is 8.58. The number of rotatable bonds is 3. The molecule has 0 aliphatic rings. The van der Waals surface area contributed by atoms with Gasteiger partial charge in [-0.05, 0) is 40.2 Å². The van der Waals surface area contributed by atoms with Gasteiger partial charge < -0.3 is 9.84 Å². The average Bonchev–Trinajstić information content (AvgIpc) is 2.33. The zero-order chi connectivity index (χ0) is 14.0. The average molecular weight is 346 g/mol. The molecular formula is C13H7BrClFO3. The third-order valence-corrected chi connectivity index (χ3v) is 3.28. The first-order chi connectivity index (χ1) is 8.99. The van der Waals surface area contributed by atoms with E-state index < -0.39 is 11.8 Å². The van der Waals surface area contributed by atoms with E-state index in [0.717, 1.165) is 6.07 Å². The number of ether oxygens (including phenoxy) is 1. The van der Waals surface area contributed by atoms with Gasteiger partial charge in [-0.1, -0.05) is 17.7 Å². The molecule has 2 aromatic rings. The van der Waals surface area contributed by atoms with Crippen molar-refractivity contribution < 1.29 is 19.0 Å². The highest BCUT2D eigenvalue weighted by molar-refractivity contribution is 9.10. The molecule has 2 rings (SSSR count). The minimum atomic E-state index is -1.14. The molecule has 0 heterocycles. The van der Waals surface area contributed by atoms with Crippen LogP contribution in [-0.4, -0.2) is 11.1 Å². The van der Waals surface area contributed by atoms with Crippen LogP contribution in [0.2, 0.25) is 5.02 Å². The summed E-state index contributed by atoms with van der Waals surface area (Å²) < 4.78 is 19.0. The van der Waals surface area contributed by atoms with Gasteiger partial charge in [0.25, 0.3) is 0 Å². The van der Waals surface area contributed by atoms with E-state index in [4.69, 9.17) is 21.4 Å². The quantitative estimate of drug-likeness (QED) is 0.874. The number of carboxylic acid groups (broad SMARTS) is 1. The van der Waals surface area contributed by atoms with Gasteiger partial charge in [0.1, 0.15) is 22.9 Å². The molecule has 0 atom stereocenters. The molecule has 0 aliphatic carbocycles. The Bertz CT molecular complexity index is 646. The summed E-state index contributed by atoms with van der Waals surface area (Å²) in [6.07, 6.45) is 0. The lowest BCUT2D eigenvalue weighted by atomic mass is 10.2. The molecule has 2 aromatic carbocycles. The van der Waals surface area contributed by atoms with Crippen LogP contribution < -0.4 is 4.74 Å². The first-order valence-corrected chi connectivity index (χ1v) is 6.31. The molecule has 98 valence electrons. The maximum absolute atomic E-state index is 13.3. The highest BCUT2D eigenvalue weighted by Gasteiger charge is 2.16. The third kappa shape index (κ3) is 3.05. The largest absolute Gasteiger partial charge is 0.478 e. The van der Waals surface area contributed by atoms with Crippen molar-refractivity contribution in [1.82, 2.24) is 0 Å². The number of aromatic carboxylic acids is 1. The lowest BCUT2D eigenvalue weighted by Crippen LogP contribution is -2.01. The Kier molecular flexibility index (Phi) is 4.07. The SMILES string of the molecule is O=C(O)c1c(Br)cccc1Oc1ccc(Cl)c(F)c1. The number of carboxylic acids is 1. The molecular weight excluding hydrogens is 338 g/mol. The van der Waals surface area contributed by atoms with Gasteiger partial charge in [0.15, 0.2) is 0 Å². The number of carbonyl (C=O) groups is 1. The Morgan fingerprint density at radius 3 is 2.68 bits per heavy atom. The van der Waals surface area contributed by atoms with Gasteiger partial charge in [0.2, 0.25) is 0 Å². The summed E-state index contributed by atoms with van der Waals surface area (Å²) in [6.45, 7) is 0. The molecule has 6 heteroatoms. The Morgan fingerprint density at radius 2 is 2.05 bits per heavy atom. The van der Waals surface area contributed by atoms with Crippen molar-refractivity contribution in [2.24, 2.45) is 0 Å². The van der Waals surface area contributed by atoms with Crippen molar-refractivity contribution in [3.05, 3.63) is 57.3 Å². The van der Waals surface area contributed by atoms with Gasteiger partial charge in [-0.2, -0.15) is 0 Å². The van der Waals surface area contributed by atoms with E-state index in [-0.39, 0.29) is 22.1 Å². The van der Waals surface area contributed by atoms with Gasteiger partial charge in [0.05, 0.1) is 5.02 Å². The van der Waals surface area contributed by atoms with Crippen LogP contribution in [0.15, 0.2) is 40.9 Å². The van der Waals surface area contributed by atoms with Crippen molar-refractivity contribution in [3.63, 3.8) is 0 Å². The third-order valence-electron chi connectivity index (χ3n) is 2.31. The van der Waals surface area contributed by atoms with E-state index >= 15 is 0 Å². The van der Waals surface area contributed by atoms with Crippen molar-refractivity contribution >= 4 is 33.5 Å². The fourth-order valence-corrected chi connectivity index (χ4v) is 2.10. The molecule has 0 radical (unpaired) electrons. The van der Waals surface area contributed by atoms with Gasteiger partial charge in [-0.3, -0.25) is 0 Å². The molecule has 0 bridgehead atoms. The van der Waals surface area contributed by atoms with E-state index in [2.05, 4.69) is 15.9 Å². The number of hydrogen-bond acceptors (Lipinski definition) is 2. The smallest absolute Gasteiger partial charge is 0.340 e. The highest BCUT2D eigenvalue weighted by Crippen LogP contribution is 2.31. The van der Waals surface area contributed by atoms with Crippen LogP contribution in [0.5, 0.6) is 11.5 Å². The van der Waals surface area contributed by atoms with Gasteiger partial charge in [-0.25, -0.2) is 9.18 Å². The van der Waals surface area contributed by atoms with Crippen LogP contribution in [0.25, 0.3) is 0 Å². The molecule has 0 unspecified atom stereocenters. The van der Waals surface area contributed by atoms with Crippen LogP contribution in [0, 0.1) is 5.82 Å². The van der Waals surface area contributed by atoms with Crippen molar-refractivity contribution in [2.75, 3.05) is 0 Å². The van der Waals surface area contributed by atoms with Crippen LogP contribution in [-0.2, 0) is 0 Å². The molecule has 0 aromatic heterocycles. The zero-order valence-corrected chi connectivity index (χ0v) is 11.7. The minimum Gasteiger partial charge on any atom is -0.478 e. The molecule has 1 N–H and O–H groups in total. The maximum Gasteiger partial charge on any atom is 0.340 e. The van der Waals surface area contributed by atoms with Gasteiger partial charge >= 0.3 is 5.97 Å². The van der Waals surface area contributed by atoms with E-state index in [1.165, 1.54) is 18.2 Å². The highest BCUT2D eigenvalue weighted by atomic mass is 79.9. The van der Waals surface area contributed by atoms with Crippen LogP contribution in [0.1, 0.15) is 10.4 Å². The fraction of sp³-hybridized carbons (Fsp3) is 0. The van der Waals surface area contributed by atoms with E-state index in [1.807, 2.05) is 0 Å². The molecule has 19 heavy (non-hydrogen) atoms. The van der Waals surface area contributed by atoms with Crippen molar-refractivity contribution in [2.45, 2.75) is 0 Å². The normalized spacial score (nSPS) is 10.3. The first kappa shape index (κ1) is 13.8. The Morgan fingerprint density at radius 1 is 1.32 bits per heavy atom. The monoisotopic (exact) mass is 344 g/mol. The number of hydrogen-bond donors (Lipinski definition) is 1. The summed E-state index contributed by atoms with van der Waals surface area (Å²) in [5.41, 5.74) is -0.0298. The topological polar surface area (TPSA) is 46.5 Å². The van der Waals surface area contributed by atoms with Crippen LogP contribution >= 0.6 is 27.5 Å². The predicted octanol–water partition coefficient (Wildman–Crippen LogP) is 4.73. The molecule has 0 aliphatic heterocycles. The first-order valence-electron chi connectivity index (χ1n) is 5.13. The maximum atomic E-state index is 13.3. The fourth-order valence-electron chi connectivity index (χ4n) is 1.46. The van der Waals surface area contributed by atoms with Crippen LogP contribution in [0.3, 0.4) is 0 Å². The lowest BCUT2D eigenvalue weighted by molar-refractivity contribution is 0.0693. The molecule has 3 nitrogen and oxygen atoms in total. The second kappa shape index (κ2) is 5.59.